The smallest absolute Gasteiger partial charge is 0.223 e. The lowest BCUT2D eigenvalue weighted by atomic mass is 10.3. The zero-order chi connectivity index (χ0) is 12.7. The lowest BCUT2D eigenvalue weighted by Crippen LogP contribution is -2.35. The van der Waals surface area contributed by atoms with Crippen LogP contribution in [0.25, 0.3) is 0 Å². The Hall–Kier alpha value is -1.62. The van der Waals surface area contributed by atoms with Crippen LogP contribution in [0.3, 0.4) is 0 Å². The van der Waals surface area contributed by atoms with Crippen LogP contribution in [0.1, 0.15) is 13.3 Å². The number of aliphatic hydroxyl groups is 1. The van der Waals surface area contributed by atoms with Gasteiger partial charge in [0, 0.05) is 6.04 Å². The maximum absolute atomic E-state index is 12.6. The summed E-state index contributed by atoms with van der Waals surface area (Å²) in [5, 5.41) is 11.3. The molecule has 0 aliphatic heterocycles. The van der Waals surface area contributed by atoms with E-state index in [4.69, 9.17) is 9.84 Å². The number of carbonyl (C=O) groups is 1. The predicted octanol–water partition coefficient (Wildman–Crippen LogP) is 1.09. The lowest BCUT2D eigenvalue weighted by Gasteiger charge is -2.11. The Kier molecular flexibility index (Phi) is 5.42. The number of carbonyl (C=O) groups excluding carboxylic acids is 1. The van der Waals surface area contributed by atoms with Gasteiger partial charge in [0.05, 0.1) is 19.6 Å². The van der Waals surface area contributed by atoms with Gasteiger partial charge >= 0.3 is 0 Å². The van der Waals surface area contributed by atoms with Gasteiger partial charge in [-0.3, -0.25) is 4.79 Å². The SMILES string of the molecule is C[C@@H](CO)NC(=O)CCOc1ccc(F)cc1. The molecule has 1 amide bonds. The first-order valence-electron chi connectivity index (χ1n) is 5.40. The van der Waals surface area contributed by atoms with E-state index in [0.29, 0.717) is 5.75 Å². The summed E-state index contributed by atoms with van der Waals surface area (Å²) in [5.41, 5.74) is 0. The van der Waals surface area contributed by atoms with Crippen LogP contribution in [0.4, 0.5) is 4.39 Å². The van der Waals surface area contributed by atoms with Crippen molar-refractivity contribution in [3.63, 3.8) is 0 Å². The van der Waals surface area contributed by atoms with Crippen LogP contribution in [0, 0.1) is 5.82 Å². The van der Waals surface area contributed by atoms with Gasteiger partial charge in [-0.15, -0.1) is 0 Å². The number of benzene rings is 1. The molecule has 17 heavy (non-hydrogen) atoms. The molecule has 0 saturated carbocycles. The summed E-state index contributed by atoms with van der Waals surface area (Å²) in [5.74, 6) is 0.00920. The first-order valence-corrected chi connectivity index (χ1v) is 5.40. The van der Waals surface area contributed by atoms with Crippen molar-refractivity contribution in [3.05, 3.63) is 30.1 Å². The second kappa shape index (κ2) is 6.85. The summed E-state index contributed by atoms with van der Waals surface area (Å²) >= 11 is 0. The van der Waals surface area contributed by atoms with Crippen LogP contribution in [0.15, 0.2) is 24.3 Å². The summed E-state index contributed by atoms with van der Waals surface area (Å²) < 4.78 is 17.8. The molecule has 1 atom stereocenters. The van der Waals surface area contributed by atoms with Gasteiger partial charge in [0.25, 0.3) is 0 Å². The van der Waals surface area contributed by atoms with Gasteiger partial charge in [0.15, 0.2) is 0 Å². The summed E-state index contributed by atoms with van der Waals surface area (Å²) in [4.78, 5) is 11.3. The first-order chi connectivity index (χ1) is 8.11. The number of hydrogen-bond donors (Lipinski definition) is 2. The van der Waals surface area contributed by atoms with Crippen LogP contribution in [0.5, 0.6) is 5.75 Å². The summed E-state index contributed by atoms with van der Waals surface area (Å²) in [6.45, 7) is 1.83. The average molecular weight is 241 g/mol. The highest BCUT2D eigenvalue weighted by atomic mass is 19.1. The normalized spacial score (nSPS) is 11.9. The molecule has 1 aromatic carbocycles. The zero-order valence-corrected chi connectivity index (χ0v) is 9.65. The van der Waals surface area contributed by atoms with Crippen molar-refractivity contribution in [1.82, 2.24) is 5.32 Å². The molecule has 94 valence electrons. The molecule has 0 heterocycles. The number of nitrogens with one attached hydrogen (secondary N) is 1. The van der Waals surface area contributed by atoms with E-state index in [9.17, 15) is 9.18 Å². The van der Waals surface area contributed by atoms with E-state index in [1.165, 1.54) is 24.3 Å². The number of aliphatic hydroxyl groups excluding tert-OH is 1. The molecule has 0 unspecified atom stereocenters. The van der Waals surface area contributed by atoms with Crippen LogP contribution in [-0.4, -0.2) is 30.3 Å². The number of halogens is 1. The van der Waals surface area contributed by atoms with E-state index in [1.807, 2.05) is 0 Å². The van der Waals surface area contributed by atoms with Gasteiger partial charge in [0.2, 0.25) is 5.91 Å². The van der Waals surface area contributed by atoms with Crippen molar-refractivity contribution in [1.29, 1.82) is 0 Å². The van der Waals surface area contributed by atoms with Crippen molar-refractivity contribution in [2.75, 3.05) is 13.2 Å². The van der Waals surface area contributed by atoms with Crippen molar-refractivity contribution in [2.24, 2.45) is 0 Å². The van der Waals surface area contributed by atoms with Crippen LogP contribution in [-0.2, 0) is 4.79 Å². The number of hydrogen-bond acceptors (Lipinski definition) is 3. The van der Waals surface area contributed by atoms with Crippen molar-refractivity contribution >= 4 is 5.91 Å². The molecule has 0 bridgehead atoms. The van der Waals surface area contributed by atoms with Gasteiger partial charge < -0.3 is 15.2 Å². The molecule has 0 aliphatic rings. The molecule has 2 N–H and O–H groups in total. The minimum atomic E-state index is -0.327. The molecule has 4 nitrogen and oxygen atoms in total. The minimum Gasteiger partial charge on any atom is -0.493 e. The third-order valence-corrected chi connectivity index (χ3v) is 2.09. The Morgan fingerprint density at radius 3 is 2.71 bits per heavy atom. The predicted molar refractivity (Wildman–Crippen MR) is 61.2 cm³/mol. The quantitative estimate of drug-likeness (QED) is 0.784. The Balaban J connectivity index is 2.23. The standard InChI is InChI=1S/C12H16FNO3/c1-9(8-15)14-12(16)6-7-17-11-4-2-10(13)3-5-11/h2-5,9,15H,6-8H2,1H3,(H,14,16)/t9-/m0/s1. The molecule has 0 spiro atoms. The van der Waals surface area contributed by atoms with E-state index in [-0.39, 0.29) is 37.4 Å². The lowest BCUT2D eigenvalue weighted by molar-refractivity contribution is -0.122. The maximum atomic E-state index is 12.6. The summed E-state index contributed by atoms with van der Waals surface area (Å²) in [6.07, 6.45) is 0.196. The van der Waals surface area contributed by atoms with Crippen molar-refractivity contribution < 1.29 is 19.0 Å². The molecule has 5 heteroatoms. The fourth-order valence-corrected chi connectivity index (χ4v) is 1.19. The topological polar surface area (TPSA) is 58.6 Å². The van der Waals surface area contributed by atoms with Gasteiger partial charge in [-0.05, 0) is 31.2 Å². The van der Waals surface area contributed by atoms with Gasteiger partial charge in [-0.1, -0.05) is 0 Å². The second-order valence-electron chi connectivity index (χ2n) is 3.70. The van der Waals surface area contributed by atoms with E-state index < -0.39 is 0 Å². The average Bonchev–Trinajstić information content (AvgIpc) is 2.31. The largest absolute Gasteiger partial charge is 0.493 e. The van der Waals surface area contributed by atoms with Crippen LogP contribution < -0.4 is 10.1 Å². The molecule has 0 radical (unpaired) electrons. The molecule has 1 aromatic rings. The third-order valence-electron chi connectivity index (χ3n) is 2.09. The summed E-state index contributed by atoms with van der Waals surface area (Å²) in [6, 6.07) is 5.34. The molecular formula is C12H16FNO3. The number of ether oxygens (including phenoxy) is 1. The van der Waals surface area contributed by atoms with Crippen LogP contribution >= 0.6 is 0 Å². The van der Waals surface area contributed by atoms with Gasteiger partial charge in [0.1, 0.15) is 11.6 Å². The highest BCUT2D eigenvalue weighted by molar-refractivity contribution is 5.76. The Morgan fingerprint density at radius 2 is 2.12 bits per heavy atom. The van der Waals surface area contributed by atoms with E-state index >= 15 is 0 Å². The third kappa shape index (κ3) is 5.31. The molecule has 0 fully saturated rings. The Bertz CT molecular complexity index is 353. The summed E-state index contributed by atoms with van der Waals surface area (Å²) in [7, 11) is 0. The Labute approximate surface area is 99.4 Å². The van der Waals surface area contributed by atoms with Crippen molar-refractivity contribution in [3.8, 4) is 5.75 Å². The zero-order valence-electron chi connectivity index (χ0n) is 9.65. The highest BCUT2D eigenvalue weighted by Gasteiger charge is 2.06. The molecule has 0 aromatic heterocycles. The van der Waals surface area contributed by atoms with Gasteiger partial charge in [-0.25, -0.2) is 4.39 Å². The molecule has 0 saturated heterocycles. The van der Waals surface area contributed by atoms with Gasteiger partial charge in [-0.2, -0.15) is 0 Å². The van der Waals surface area contributed by atoms with Crippen LogP contribution in [0.2, 0.25) is 0 Å². The molecule has 0 aliphatic carbocycles. The van der Waals surface area contributed by atoms with E-state index in [2.05, 4.69) is 5.32 Å². The van der Waals surface area contributed by atoms with E-state index in [1.54, 1.807) is 6.92 Å². The fraction of sp³-hybridized carbons (Fsp3) is 0.417. The maximum Gasteiger partial charge on any atom is 0.223 e. The second-order valence-corrected chi connectivity index (χ2v) is 3.70. The monoisotopic (exact) mass is 241 g/mol. The fourth-order valence-electron chi connectivity index (χ4n) is 1.19. The highest BCUT2D eigenvalue weighted by Crippen LogP contribution is 2.10. The molecular weight excluding hydrogens is 225 g/mol. The Morgan fingerprint density at radius 1 is 1.47 bits per heavy atom. The molecule has 1 rings (SSSR count). The first kappa shape index (κ1) is 13.4. The van der Waals surface area contributed by atoms with E-state index in [0.717, 1.165) is 0 Å². The minimum absolute atomic E-state index is 0.0927. The number of amides is 1. The number of rotatable bonds is 6. The van der Waals surface area contributed by atoms with Crippen molar-refractivity contribution in [2.45, 2.75) is 19.4 Å².